The molecule has 0 spiro atoms. The van der Waals surface area contributed by atoms with E-state index in [0.29, 0.717) is 11.7 Å². The Labute approximate surface area is 107 Å². The number of hydrogen-bond acceptors (Lipinski definition) is 4. The van der Waals surface area contributed by atoms with Crippen LogP contribution >= 0.6 is 12.2 Å². The number of hydrazine groups is 1. The lowest BCUT2D eigenvalue weighted by molar-refractivity contribution is 0.130. The van der Waals surface area contributed by atoms with Gasteiger partial charge in [-0.3, -0.25) is 5.43 Å². The standard InChI is InChI=1S/C11H18N4OS/c1-14-4-6-15(7-5-14)13-11(17)12-9-10-3-2-8-16-10/h2-3,8H,4-7,9H2,1H3,(H2,12,13,17). The summed E-state index contributed by atoms with van der Waals surface area (Å²) < 4.78 is 5.22. The van der Waals surface area contributed by atoms with E-state index >= 15 is 0 Å². The Hall–Kier alpha value is -1.11. The maximum absolute atomic E-state index is 5.22. The molecule has 1 aromatic heterocycles. The van der Waals surface area contributed by atoms with Crippen LogP contribution in [0.2, 0.25) is 0 Å². The van der Waals surface area contributed by atoms with E-state index in [4.69, 9.17) is 16.6 Å². The van der Waals surface area contributed by atoms with Gasteiger partial charge in [0.2, 0.25) is 0 Å². The molecule has 1 aromatic rings. The van der Waals surface area contributed by atoms with Gasteiger partial charge in [-0.2, -0.15) is 0 Å². The molecule has 1 aliphatic rings. The highest BCUT2D eigenvalue weighted by Gasteiger charge is 2.13. The Kier molecular flexibility index (Phi) is 4.36. The topological polar surface area (TPSA) is 43.7 Å². The van der Waals surface area contributed by atoms with Crippen molar-refractivity contribution in [2.45, 2.75) is 6.54 Å². The Morgan fingerprint density at radius 2 is 2.18 bits per heavy atom. The van der Waals surface area contributed by atoms with Gasteiger partial charge in [0.05, 0.1) is 12.8 Å². The molecular formula is C11H18N4OS. The molecule has 2 rings (SSSR count). The zero-order chi connectivity index (χ0) is 12.1. The van der Waals surface area contributed by atoms with Gasteiger partial charge >= 0.3 is 0 Å². The fourth-order valence-corrected chi connectivity index (χ4v) is 1.88. The fraction of sp³-hybridized carbons (Fsp3) is 0.545. The van der Waals surface area contributed by atoms with Crippen molar-refractivity contribution >= 4 is 17.3 Å². The third-order valence-electron chi connectivity index (χ3n) is 2.77. The summed E-state index contributed by atoms with van der Waals surface area (Å²) in [4.78, 5) is 2.30. The van der Waals surface area contributed by atoms with Crippen LogP contribution in [0.5, 0.6) is 0 Å². The minimum atomic E-state index is 0.618. The summed E-state index contributed by atoms with van der Waals surface area (Å²) in [5, 5.41) is 5.90. The number of hydrogen-bond donors (Lipinski definition) is 2. The molecule has 0 aromatic carbocycles. The Bertz CT molecular complexity index is 346. The smallest absolute Gasteiger partial charge is 0.181 e. The largest absolute Gasteiger partial charge is 0.467 e. The molecule has 2 N–H and O–H groups in total. The monoisotopic (exact) mass is 254 g/mol. The average molecular weight is 254 g/mol. The first-order chi connectivity index (χ1) is 8.24. The van der Waals surface area contributed by atoms with E-state index in [1.807, 2.05) is 12.1 Å². The highest BCUT2D eigenvalue weighted by atomic mass is 32.1. The van der Waals surface area contributed by atoms with Gasteiger partial charge < -0.3 is 14.6 Å². The molecule has 0 radical (unpaired) electrons. The summed E-state index contributed by atoms with van der Waals surface area (Å²) in [6, 6.07) is 3.79. The second-order valence-corrected chi connectivity index (χ2v) is 4.57. The lowest BCUT2D eigenvalue weighted by Gasteiger charge is -2.33. The average Bonchev–Trinajstić information content (AvgIpc) is 2.83. The van der Waals surface area contributed by atoms with Crippen molar-refractivity contribution in [3.63, 3.8) is 0 Å². The summed E-state index contributed by atoms with van der Waals surface area (Å²) in [5.74, 6) is 0.882. The van der Waals surface area contributed by atoms with Crippen molar-refractivity contribution < 1.29 is 4.42 Å². The third-order valence-corrected chi connectivity index (χ3v) is 3.00. The molecule has 0 amide bonds. The van der Waals surface area contributed by atoms with Crippen LogP contribution in [0, 0.1) is 0 Å². The third kappa shape index (κ3) is 3.99. The van der Waals surface area contributed by atoms with Gasteiger partial charge in [0, 0.05) is 26.2 Å². The summed E-state index contributed by atoms with van der Waals surface area (Å²) in [6.45, 7) is 4.71. The van der Waals surface area contributed by atoms with E-state index in [2.05, 4.69) is 27.7 Å². The highest BCUT2D eigenvalue weighted by molar-refractivity contribution is 7.80. The molecule has 17 heavy (non-hydrogen) atoms. The number of rotatable bonds is 3. The second-order valence-electron chi connectivity index (χ2n) is 4.16. The van der Waals surface area contributed by atoms with E-state index < -0.39 is 0 Å². The molecule has 6 heteroatoms. The number of thiocarbonyl (C=S) groups is 1. The fourth-order valence-electron chi connectivity index (χ4n) is 1.68. The normalized spacial score (nSPS) is 17.9. The van der Waals surface area contributed by atoms with Crippen LogP contribution in [-0.4, -0.2) is 48.2 Å². The van der Waals surface area contributed by atoms with E-state index in [0.717, 1.165) is 31.9 Å². The molecule has 0 saturated carbocycles. The van der Waals surface area contributed by atoms with Crippen LogP contribution in [0.15, 0.2) is 22.8 Å². The first-order valence-corrected chi connectivity index (χ1v) is 6.15. The van der Waals surface area contributed by atoms with Crippen molar-refractivity contribution in [2.75, 3.05) is 33.2 Å². The Morgan fingerprint density at radius 1 is 1.41 bits per heavy atom. The molecular weight excluding hydrogens is 236 g/mol. The van der Waals surface area contributed by atoms with E-state index in [1.54, 1.807) is 6.26 Å². The number of nitrogens with one attached hydrogen (secondary N) is 2. The second kappa shape index (κ2) is 6.00. The minimum absolute atomic E-state index is 0.618. The zero-order valence-corrected chi connectivity index (χ0v) is 10.8. The van der Waals surface area contributed by atoms with E-state index in [1.165, 1.54) is 0 Å². The van der Waals surface area contributed by atoms with Crippen LogP contribution in [0.25, 0.3) is 0 Å². The van der Waals surface area contributed by atoms with E-state index in [9.17, 15) is 0 Å². The van der Waals surface area contributed by atoms with Crippen LogP contribution < -0.4 is 10.7 Å². The zero-order valence-electron chi connectivity index (χ0n) is 9.98. The number of likely N-dealkylation sites (N-methyl/N-ethyl adjacent to an activating group) is 1. The predicted octanol–water partition coefficient (Wildman–Crippen LogP) is 0.406. The summed E-state index contributed by atoms with van der Waals surface area (Å²) >= 11 is 5.22. The van der Waals surface area contributed by atoms with Crippen molar-refractivity contribution in [3.05, 3.63) is 24.2 Å². The molecule has 0 bridgehead atoms. The first kappa shape index (κ1) is 12.3. The maximum atomic E-state index is 5.22. The molecule has 0 atom stereocenters. The van der Waals surface area contributed by atoms with Crippen LogP contribution in [-0.2, 0) is 6.54 Å². The maximum Gasteiger partial charge on any atom is 0.181 e. The molecule has 0 aliphatic carbocycles. The summed E-state index contributed by atoms with van der Waals surface area (Å²) in [6.07, 6.45) is 1.66. The van der Waals surface area contributed by atoms with Crippen LogP contribution in [0.3, 0.4) is 0 Å². The SMILES string of the molecule is CN1CCN(NC(=S)NCc2ccco2)CC1. The lowest BCUT2D eigenvalue weighted by atomic mass is 10.4. The molecule has 5 nitrogen and oxygen atoms in total. The summed E-state index contributed by atoms with van der Waals surface area (Å²) in [7, 11) is 2.13. The van der Waals surface area contributed by atoms with Gasteiger partial charge in [-0.05, 0) is 31.4 Å². The van der Waals surface area contributed by atoms with Gasteiger partial charge in [-0.15, -0.1) is 0 Å². The molecule has 2 heterocycles. The van der Waals surface area contributed by atoms with Crippen molar-refractivity contribution in [2.24, 2.45) is 0 Å². The van der Waals surface area contributed by atoms with Crippen molar-refractivity contribution in [3.8, 4) is 0 Å². The van der Waals surface area contributed by atoms with E-state index in [-0.39, 0.29) is 0 Å². The molecule has 94 valence electrons. The van der Waals surface area contributed by atoms with Gasteiger partial charge in [0.1, 0.15) is 5.76 Å². The first-order valence-electron chi connectivity index (χ1n) is 5.74. The predicted molar refractivity (Wildman–Crippen MR) is 70.4 cm³/mol. The Morgan fingerprint density at radius 3 is 2.82 bits per heavy atom. The Balaban J connectivity index is 1.67. The number of piperazine rings is 1. The highest BCUT2D eigenvalue weighted by Crippen LogP contribution is 1.99. The van der Waals surface area contributed by atoms with Crippen LogP contribution in [0.1, 0.15) is 5.76 Å². The number of furan rings is 1. The van der Waals surface area contributed by atoms with Crippen molar-refractivity contribution in [1.29, 1.82) is 0 Å². The van der Waals surface area contributed by atoms with Crippen molar-refractivity contribution in [1.82, 2.24) is 20.7 Å². The lowest BCUT2D eigenvalue weighted by Crippen LogP contribution is -2.54. The van der Waals surface area contributed by atoms with Gasteiger partial charge in [0.25, 0.3) is 0 Å². The quantitative estimate of drug-likeness (QED) is 0.762. The van der Waals surface area contributed by atoms with Crippen LogP contribution in [0.4, 0.5) is 0 Å². The van der Waals surface area contributed by atoms with Gasteiger partial charge in [0.15, 0.2) is 5.11 Å². The minimum Gasteiger partial charge on any atom is -0.467 e. The molecule has 0 unspecified atom stereocenters. The van der Waals surface area contributed by atoms with Gasteiger partial charge in [-0.25, -0.2) is 5.01 Å². The molecule has 1 saturated heterocycles. The molecule has 1 fully saturated rings. The van der Waals surface area contributed by atoms with Gasteiger partial charge in [-0.1, -0.05) is 0 Å². The summed E-state index contributed by atoms with van der Waals surface area (Å²) in [5.41, 5.74) is 3.19. The number of nitrogens with zero attached hydrogens (tertiary/aromatic N) is 2. The molecule has 1 aliphatic heterocycles.